The fraction of sp³-hybridized carbons (Fsp3) is 0.286. The molecule has 0 spiro atoms. The van der Waals surface area contributed by atoms with Crippen molar-refractivity contribution in [1.82, 2.24) is 14.9 Å². The average Bonchev–Trinajstić information content (AvgIpc) is 2.47. The second kappa shape index (κ2) is 4.34. The lowest BCUT2D eigenvalue weighted by Gasteiger charge is -2.00. The molecule has 6 heteroatoms. The molecule has 0 aliphatic carbocycles. The van der Waals surface area contributed by atoms with E-state index >= 15 is 0 Å². The summed E-state index contributed by atoms with van der Waals surface area (Å²) in [4.78, 5) is 11.9. The van der Waals surface area contributed by atoms with E-state index in [1.54, 1.807) is 6.92 Å². The number of aromatic nitrogens is 2. The summed E-state index contributed by atoms with van der Waals surface area (Å²) < 4.78 is 3.65. The van der Waals surface area contributed by atoms with Crippen LogP contribution in [0.25, 0.3) is 0 Å². The first-order valence-corrected chi connectivity index (χ1v) is 4.67. The van der Waals surface area contributed by atoms with Gasteiger partial charge >= 0.3 is 0 Å². The lowest BCUT2D eigenvalue weighted by atomic mass is 10.4. The molecule has 4 nitrogen and oxygen atoms in total. The van der Waals surface area contributed by atoms with Crippen molar-refractivity contribution in [1.29, 1.82) is 0 Å². The summed E-state index contributed by atoms with van der Waals surface area (Å²) in [7, 11) is 0. The third kappa shape index (κ3) is 2.78. The molecule has 0 atom stereocenters. The van der Waals surface area contributed by atoms with Crippen molar-refractivity contribution in [2.45, 2.75) is 6.92 Å². The van der Waals surface area contributed by atoms with Gasteiger partial charge in [0.2, 0.25) is 0 Å². The zero-order chi connectivity index (χ0) is 9.84. The minimum Gasteiger partial charge on any atom is -0.346 e. The highest BCUT2D eigenvalue weighted by molar-refractivity contribution is 7.08. The van der Waals surface area contributed by atoms with Crippen LogP contribution in [0, 0.1) is 6.92 Å². The van der Waals surface area contributed by atoms with Crippen LogP contribution in [0.15, 0.2) is 11.6 Å². The normalized spacial score (nSPS) is 9.69. The van der Waals surface area contributed by atoms with Gasteiger partial charge in [0.05, 0.1) is 12.2 Å². The molecule has 0 aliphatic rings. The van der Waals surface area contributed by atoms with Crippen molar-refractivity contribution in [3.63, 3.8) is 0 Å². The molecule has 1 rings (SSSR count). The molecule has 1 amide bonds. The highest BCUT2D eigenvalue weighted by atomic mass is 35.5. The standard InChI is InChI=1S/C7H8ClN3OS/c1-4(8)3-9-7(12)6-5(2)10-11-13-6/h1,3H2,2H3,(H,9,12). The Morgan fingerprint density at radius 2 is 2.46 bits per heavy atom. The molecule has 0 unspecified atom stereocenters. The lowest BCUT2D eigenvalue weighted by Crippen LogP contribution is -2.24. The zero-order valence-electron chi connectivity index (χ0n) is 7.00. The van der Waals surface area contributed by atoms with Gasteiger partial charge in [-0.1, -0.05) is 22.7 Å². The number of rotatable bonds is 3. The van der Waals surface area contributed by atoms with Crippen molar-refractivity contribution in [3.05, 3.63) is 22.2 Å². The molecule has 70 valence electrons. The molecule has 0 saturated carbocycles. The quantitative estimate of drug-likeness (QED) is 0.831. The van der Waals surface area contributed by atoms with Gasteiger partial charge in [-0.05, 0) is 18.5 Å². The van der Waals surface area contributed by atoms with Gasteiger partial charge in [-0.15, -0.1) is 5.10 Å². The van der Waals surface area contributed by atoms with E-state index in [2.05, 4.69) is 21.5 Å². The number of halogens is 1. The van der Waals surface area contributed by atoms with Crippen molar-refractivity contribution in [2.24, 2.45) is 0 Å². The van der Waals surface area contributed by atoms with Crippen LogP contribution < -0.4 is 5.32 Å². The first-order valence-electron chi connectivity index (χ1n) is 3.51. The Labute approximate surface area is 84.8 Å². The number of carbonyl (C=O) groups is 1. The number of nitrogens with one attached hydrogen (secondary N) is 1. The minimum atomic E-state index is -0.214. The van der Waals surface area contributed by atoms with E-state index in [0.717, 1.165) is 11.5 Å². The highest BCUT2D eigenvalue weighted by Crippen LogP contribution is 2.08. The maximum atomic E-state index is 11.4. The van der Waals surface area contributed by atoms with Gasteiger partial charge in [0.25, 0.3) is 5.91 Å². The Kier molecular flexibility index (Phi) is 3.39. The fourth-order valence-electron chi connectivity index (χ4n) is 0.696. The zero-order valence-corrected chi connectivity index (χ0v) is 8.58. The van der Waals surface area contributed by atoms with Crippen LogP contribution in [0.5, 0.6) is 0 Å². The van der Waals surface area contributed by atoms with Crippen LogP contribution in [0.1, 0.15) is 15.4 Å². The van der Waals surface area contributed by atoms with Gasteiger partial charge in [-0.25, -0.2) is 0 Å². The van der Waals surface area contributed by atoms with Crippen molar-refractivity contribution >= 4 is 29.0 Å². The van der Waals surface area contributed by atoms with Crippen LogP contribution in [-0.4, -0.2) is 22.0 Å². The van der Waals surface area contributed by atoms with Crippen molar-refractivity contribution in [3.8, 4) is 0 Å². The summed E-state index contributed by atoms with van der Waals surface area (Å²) in [5, 5.41) is 6.69. The summed E-state index contributed by atoms with van der Waals surface area (Å²) >= 11 is 6.55. The molecule has 1 aromatic heterocycles. The number of nitrogens with zero attached hydrogens (tertiary/aromatic N) is 2. The number of hydrogen-bond donors (Lipinski definition) is 1. The maximum Gasteiger partial charge on any atom is 0.265 e. The van der Waals surface area contributed by atoms with E-state index in [1.807, 2.05) is 0 Å². The molecular formula is C7H8ClN3OS. The highest BCUT2D eigenvalue weighted by Gasteiger charge is 2.11. The van der Waals surface area contributed by atoms with E-state index in [-0.39, 0.29) is 12.5 Å². The van der Waals surface area contributed by atoms with Crippen molar-refractivity contribution < 1.29 is 4.79 Å². The molecule has 13 heavy (non-hydrogen) atoms. The summed E-state index contributed by atoms with van der Waals surface area (Å²) in [6.45, 7) is 5.45. The van der Waals surface area contributed by atoms with Gasteiger partial charge in [0, 0.05) is 5.03 Å². The topological polar surface area (TPSA) is 54.9 Å². The molecule has 0 fully saturated rings. The molecule has 0 bridgehead atoms. The predicted molar refractivity (Wildman–Crippen MR) is 52.0 cm³/mol. The Morgan fingerprint density at radius 1 is 1.77 bits per heavy atom. The van der Waals surface area contributed by atoms with Gasteiger partial charge in [-0.3, -0.25) is 4.79 Å². The number of hydrogen-bond acceptors (Lipinski definition) is 4. The molecule has 1 aromatic rings. The van der Waals surface area contributed by atoms with E-state index in [4.69, 9.17) is 11.6 Å². The predicted octanol–water partition coefficient (Wildman–Crippen LogP) is 1.33. The summed E-state index contributed by atoms with van der Waals surface area (Å²) in [5.41, 5.74) is 0.627. The summed E-state index contributed by atoms with van der Waals surface area (Å²) in [6, 6.07) is 0. The second-order valence-corrected chi connectivity index (χ2v) is 3.68. The van der Waals surface area contributed by atoms with Crippen LogP contribution in [-0.2, 0) is 0 Å². The molecule has 0 radical (unpaired) electrons. The molecule has 1 heterocycles. The average molecular weight is 218 g/mol. The second-order valence-electron chi connectivity index (χ2n) is 2.39. The van der Waals surface area contributed by atoms with Crippen molar-refractivity contribution in [2.75, 3.05) is 6.54 Å². The first-order chi connectivity index (χ1) is 6.11. The van der Waals surface area contributed by atoms with Gasteiger partial charge in [0.1, 0.15) is 4.88 Å². The third-order valence-electron chi connectivity index (χ3n) is 1.30. The Bertz CT molecular complexity index is 336. The minimum absolute atomic E-state index is 0.214. The van der Waals surface area contributed by atoms with Crippen LogP contribution >= 0.6 is 23.1 Å². The SMILES string of the molecule is C=C(Cl)CNC(=O)c1snnc1C. The molecule has 1 N–H and O–H groups in total. The van der Waals surface area contributed by atoms with E-state index in [1.165, 1.54) is 0 Å². The van der Waals surface area contributed by atoms with Gasteiger partial charge < -0.3 is 5.32 Å². The molecule has 0 aliphatic heterocycles. The number of amides is 1. The van der Waals surface area contributed by atoms with E-state index < -0.39 is 0 Å². The Hall–Kier alpha value is -0.940. The lowest BCUT2D eigenvalue weighted by molar-refractivity contribution is 0.0961. The smallest absolute Gasteiger partial charge is 0.265 e. The van der Waals surface area contributed by atoms with Gasteiger partial charge in [0.15, 0.2) is 0 Å². The number of aryl methyl sites for hydroxylation is 1. The van der Waals surface area contributed by atoms with E-state index in [9.17, 15) is 4.79 Å². The molecule has 0 aromatic carbocycles. The monoisotopic (exact) mass is 217 g/mol. The van der Waals surface area contributed by atoms with Crippen LogP contribution in [0.2, 0.25) is 0 Å². The van der Waals surface area contributed by atoms with Gasteiger partial charge in [-0.2, -0.15) is 0 Å². The third-order valence-corrected chi connectivity index (χ3v) is 2.26. The largest absolute Gasteiger partial charge is 0.346 e. The number of carbonyl (C=O) groups excluding carboxylic acids is 1. The van der Waals surface area contributed by atoms with Crippen LogP contribution in [0.3, 0.4) is 0 Å². The maximum absolute atomic E-state index is 11.4. The first kappa shape index (κ1) is 10.1. The Balaban J connectivity index is 2.59. The summed E-state index contributed by atoms with van der Waals surface area (Å²) in [6.07, 6.45) is 0. The summed E-state index contributed by atoms with van der Waals surface area (Å²) in [5.74, 6) is -0.214. The van der Waals surface area contributed by atoms with Crippen LogP contribution in [0.4, 0.5) is 0 Å². The Morgan fingerprint density at radius 3 is 2.92 bits per heavy atom. The fourth-order valence-corrected chi connectivity index (χ4v) is 1.34. The van der Waals surface area contributed by atoms with E-state index in [0.29, 0.717) is 15.6 Å². The molecular weight excluding hydrogens is 210 g/mol. The molecule has 0 saturated heterocycles.